The maximum atomic E-state index is 6.23. The summed E-state index contributed by atoms with van der Waals surface area (Å²) in [7, 11) is 0. The molecule has 0 fully saturated rings. The molecule has 0 N–H and O–H groups in total. The minimum atomic E-state index is 0.160. The Hall–Kier alpha value is -4.86. The maximum absolute atomic E-state index is 6.23. The quantitative estimate of drug-likeness (QED) is 0.193. The molecule has 47 heavy (non-hydrogen) atoms. The van der Waals surface area contributed by atoms with Crippen molar-refractivity contribution in [2.45, 2.75) is 51.4 Å². The van der Waals surface area contributed by atoms with Crippen LogP contribution in [0.5, 0.6) is 0 Å². The van der Waals surface area contributed by atoms with Gasteiger partial charge in [0, 0.05) is 48.0 Å². The highest BCUT2D eigenvalue weighted by atomic mass is 32.1. The molecule has 0 atom stereocenters. The van der Waals surface area contributed by atoms with Gasteiger partial charge >= 0.3 is 0 Å². The number of rotatable bonds is 4. The Kier molecular flexibility index (Phi) is 6.23. The highest BCUT2D eigenvalue weighted by molar-refractivity contribution is 7.25. The van der Waals surface area contributed by atoms with E-state index in [0.29, 0.717) is 0 Å². The van der Waals surface area contributed by atoms with Crippen molar-refractivity contribution in [1.82, 2.24) is 0 Å². The van der Waals surface area contributed by atoms with E-state index in [1.165, 1.54) is 55.3 Å². The van der Waals surface area contributed by atoms with Gasteiger partial charge in [0.15, 0.2) is 0 Å². The zero-order valence-corrected chi connectivity index (χ0v) is 28.1. The van der Waals surface area contributed by atoms with Crippen LogP contribution in [0, 0.1) is 0 Å². The van der Waals surface area contributed by atoms with Crippen LogP contribution < -0.4 is 4.90 Å². The van der Waals surface area contributed by atoms with E-state index in [9.17, 15) is 0 Å². The summed E-state index contributed by atoms with van der Waals surface area (Å²) in [5.74, 6) is 0. The molecule has 3 heteroatoms. The van der Waals surface area contributed by atoms with Crippen molar-refractivity contribution in [1.29, 1.82) is 0 Å². The summed E-state index contributed by atoms with van der Waals surface area (Å²) in [4.78, 5) is 2.40. The number of hydrogen-bond donors (Lipinski definition) is 0. The minimum absolute atomic E-state index is 0.160. The zero-order chi connectivity index (χ0) is 31.9. The molecule has 0 unspecified atom stereocenters. The Labute approximate surface area is 279 Å². The topological polar surface area (TPSA) is 16.4 Å². The first-order valence-corrected chi connectivity index (χ1v) is 17.5. The lowest BCUT2D eigenvalue weighted by atomic mass is 9.63. The molecule has 0 saturated carbocycles. The van der Waals surface area contributed by atoms with Crippen LogP contribution in [0.2, 0.25) is 0 Å². The molecule has 2 aromatic heterocycles. The molecule has 0 amide bonds. The SMILES string of the molecule is CC1(C)CCC(C)(C)c2cc(-c3cccc(N(c4ccc5c(c4)sc4ccccc45)c4ccc5oc6ccccc6c5c4)c3)ccc21. The molecule has 0 spiro atoms. The smallest absolute Gasteiger partial charge is 0.135 e. The van der Waals surface area contributed by atoms with E-state index in [0.717, 1.165) is 39.0 Å². The summed E-state index contributed by atoms with van der Waals surface area (Å²) < 4.78 is 8.84. The summed E-state index contributed by atoms with van der Waals surface area (Å²) >= 11 is 1.86. The van der Waals surface area contributed by atoms with E-state index in [2.05, 4.69) is 148 Å². The molecule has 6 aromatic carbocycles. The number of thiophene rings is 1. The number of benzene rings is 6. The second kappa shape index (κ2) is 10.3. The van der Waals surface area contributed by atoms with Gasteiger partial charge in [-0.25, -0.2) is 0 Å². The molecular weight excluding hydrogens is 591 g/mol. The van der Waals surface area contributed by atoms with Crippen molar-refractivity contribution in [2.75, 3.05) is 4.90 Å². The van der Waals surface area contributed by atoms with Crippen LogP contribution in [0.15, 0.2) is 132 Å². The van der Waals surface area contributed by atoms with Gasteiger partial charge in [0.1, 0.15) is 11.2 Å². The van der Waals surface area contributed by atoms with E-state index in [1.807, 2.05) is 23.5 Å². The average Bonchev–Trinajstić information content (AvgIpc) is 3.65. The fourth-order valence-electron chi connectivity index (χ4n) is 7.75. The van der Waals surface area contributed by atoms with E-state index < -0.39 is 0 Å². The standard InChI is InChI=1S/C44H37NOS/c1-43(2)22-23-44(3,4)38-25-29(16-20-37(38)43)28-10-9-11-30(24-28)45(31-18-21-40-36(26-31)33-12-5-7-14-39(33)46-40)32-17-19-35-34-13-6-8-15-41(34)47-42(35)27-32/h5-21,24-27H,22-23H2,1-4H3. The van der Waals surface area contributed by atoms with Crippen molar-refractivity contribution in [3.8, 4) is 11.1 Å². The van der Waals surface area contributed by atoms with Crippen molar-refractivity contribution < 1.29 is 4.42 Å². The van der Waals surface area contributed by atoms with Gasteiger partial charge in [-0.2, -0.15) is 0 Å². The molecular formula is C44H37NOS. The first kappa shape index (κ1) is 28.4. The van der Waals surface area contributed by atoms with Crippen LogP contribution in [0.25, 0.3) is 53.2 Å². The third-order valence-electron chi connectivity index (χ3n) is 10.5. The van der Waals surface area contributed by atoms with Gasteiger partial charge in [-0.1, -0.05) is 100 Å². The van der Waals surface area contributed by atoms with E-state index in [1.54, 1.807) is 0 Å². The van der Waals surface area contributed by atoms with Gasteiger partial charge in [0.2, 0.25) is 0 Å². The molecule has 0 saturated heterocycles. The lowest BCUT2D eigenvalue weighted by Gasteiger charge is -2.42. The Morgan fingerprint density at radius 1 is 0.489 bits per heavy atom. The van der Waals surface area contributed by atoms with E-state index in [4.69, 9.17) is 4.42 Å². The van der Waals surface area contributed by atoms with E-state index in [-0.39, 0.29) is 10.8 Å². The predicted octanol–water partition coefficient (Wildman–Crippen LogP) is 13.4. The van der Waals surface area contributed by atoms with Crippen LogP contribution in [0.1, 0.15) is 51.7 Å². The summed E-state index contributed by atoms with van der Waals surface area (Å²) in [6, 6.07) is 46.8. The van der Waals surface area contributed by atoms with Gasteiger partial charge < -0.3 is 9.32 Å². The molecule has 0 radical (unpaired) electrons. The summed E-state index contributed by atoms with van der Waals surface area (Å²) in [5, 5.41) is 4.88. The average molecular weight is 628 g/mol. The monoisotopic (exact) mass is 627 g/mol. The maximum Gasteiger partial charge on any atom is 0.135 e. The van der Waals surface area contributed by atoms with Crippen molar-refractivity contribution >= 4 is 70.5 Å². The van der Waals surface area contributed by atoms with Crippen LogP contribution in [0.4, 0.5) is 17.1 Å². The number of nitrogens with zero attached hydrogens (tertiary/aromatic N) is 1. The Balaban J connectivity index is 1.23. The highest BCUT2D eigenvalue weighted by Gasteiger charge is 2.37. The molecule has 1 aliphatic carbocycles. The second-order valence-electron chi connectivity index (χ2n) is 14.5. The molecule has 230 valence electrons. The molecule has 2 heterocycles. The van der Waals surface area contributed by atoms with Crippen molar-refractivity contribution in [2.24, 2.45) is 0 Å². The third kappa shape index (κ3) is 4.59. The zero-order valence-electron chi connectivity index (χ0n) is 27.3. The van der Waals surface area contributed by atoms with Crippen LogP contribution in [-0.2, 0) is 10.8 Å². The minimum Gasteiger partial charge on any atom is -0.456 e. The number of para-hydroxylation sites is 1. The first-order chi connectivity index (χ1) is 22.7. The van der Waals surface area contributed by atoms with Crippen LogP contribution in [-0.4, -0.2) is 0 Å². The second-order valence-corrected chi connectivity index (χ2v) is 15.6. The van der Waals surface area contributed by atoms with Crippen molar-refractivity contribution in [3.63, 3.8) is 0 Å². The number of hydrogen-bond acceptors (Lipinski definition) is 3. The first-order valence-electron chi connectivity index (χ1n) is 16.6. The van der Waals surface area contributed by atoms with Gasteiger partial charge in [0.05, 0.1) is 0 Å². The van der Waals surface area contributed by atoms with Crippen LogP contribution in [0.3, 0.4) is 0 Å². The lowest BCUT2D eigenvalue weighted by Crippen LogP contribution is -2.33. The fraction of sp³-hybridized carbons (Fsp3) is 0.182. The van der Waals surface area contributed by atoms with Gasteiger partial charge in [-0.05, 0) is 101 Å². The van der Waals surface area contributed by atoms with Gasteiger partial charge in [-0.15, -0.1) is 11.3 Å². The molecule has 2 nitrogen and oxygen atoms in total. The molecule has 8 aromatic rings. The third-order valence-corrected chi connectivity index (χ3v) is 11.7. The summed E-state index contributed by atoms with van der Waals surface area (Å²) in [6.07, 6.45) is 2.42. The lowest BCUT2D eigenvalue weighted by molar-refractivity contribution is 0.332. The molecule has 1 aliphatic rings. The van der Waals surface area contributed by atoms with Crippen LogP contribution >= 0.6 is 11.3 Å². The van der Waals surface area contributed by atoms with E-state index >= 15 is 0 Å². The summed E-state index contributed by atoms with van der Waals surface area (Å²) in [5.41, 5.74) is 11.0. The molecule has 0 aliphatic heterocycles. The fourth-order valence-corrected chi connectivity index (χ4v) is 8.89. The molecule has 9 rings (SSSR count). The highest BCUT2D eigenvalue weighted by Crippen LogP contribution is 2.48. The number of anilines is 3. The van der Waals surface area contributed by atoms with Crippen molar-refractivity contribution in [3.05, 3.63) is 139 Å². The molecule has 0 bridgehead atoms. The number of furan rings is 1. The van der Waals surface area contributed by atoms with Gasteiger partial charge in [0.25, 0.3) is 0 Å². The number of fused-ring (bicyclic) bond motifs is 7. The summed E-state index contributed by atoms with van der Waals surface area (Å²) in [6.45, 7) is 9.60. The Morgan fingerprint density at radius 2 is 1.15 bits per heavy atom. The largest absolute Gasteiger partial charge is 0.456 e. The normalized spacial score (nSPS) is 15.4. The Morgan fingerprint density at radius 3 is 2.02 bits per heavy atom. The van der Waals surface area contributed by atoms with Gasteiger partial charge in [-0.3, -0.25) is 0 Å². The Bertz CT molecular complexity index is 2490. The predicted molar refractivity (Wildman–Crippen MR) is 202 cm³/mol.